The van der Waals surface area contributed by atoms with Crippen molar-refractivity contribution in [2.24, 2.45) is 0 Å². The van der Waals surface area contributed by atoms with Gasteiger partial charge in [0.1, 0.15) is 12.3 Å². The van der Waals surface area contributed by atoms with Crippen molar-refractivity contribution >= 4 is 23.4 Å². The molecule has 0 aromatic carbocycles. The third-order valence-corrected chi connectivity index (χ3v) is 1.72. The van der Waals surface area contributed by atoms with Crippen molar-refractivity contribution < 1.29 is 4.79 Å². The fourth-order valence-corrected chi connectivity index (χ4v) is 1.31. The van der Waals surface area contributed by atoms with Crippen LogP contribution in [0.3, 0.4) is 0 Å². The molecule has 0 spiro atoms. The highest BCUT2D eigenvalue weighted by atomic mass is 32.1. The van der Waals surface area contributed by atoms with Crippen molar-refractivity contribution in [3.63, 3.8) is 0 Å². The third-order valence-electron chi connectivity index (χ3n) is 1.48. The average Bonchev–Trinajstić information content (AvgIpc) is 2.21. The second-order valence-corrected chi connectivity index (χ2v) is 2.60. The van der Waals surface area contributed by atoms with Gasteiger partial charge in [-0.15, -0.1) is 0 Å². The number of urea groups is 1. The summed E-state index contributed by atoms with van der Waals surface area (Å²) in [6, 6.07) is -0.169. The van der Waals surface area contributed by atoms with Crippen LogP contribution in [0.1, 0.15) is 0 Å². The van der Waals surface area contributed by atoms with Crippen LogP contribution >= 0.6 is 12.2 Å². The van der Waals surface area contributed by atoms with E-state index in [9.17, 15) is 4.79 Å². The number of thiocarbonyl (C=S) groups is 1. The topological polar surface area (TPSA) is 65.2 Å². The summed E-state index contributed by atoms with van der Waals surface area (Å²) in [6.07, 6.45) is -0.167. The summed E-state index contributed by atoms with van der Waals surface area (Å²) in [7, 11) is 0. The first-order valence-electron chi connectivity index (χ1n) is 2.90. The number of amides is 2. The molecular weight excluding hydrogens is 152 g/mol. The van der Waals surface area contributed by atoms with E-state index >= 15 is 0 Å². The van der Waals surface area contributed by atoms with Gasteiger partial charge >= 0.3 is 6.03 Å². The van der Waals surface area contributed by atoms with Gasteiger partial charge in [0.2, 0.25) is 0 Å². The Kier molecular flexibility index (Phi) is 0.986. The molecule has 0 saturated carbocycles. The summed E-state index contributed by atoms with van der Waals surface area (Å²) in [4.78, 5) is 10.6. The van der Waals surface area contributed by atoms with E-state index in [0.29, 0.717) is 5.11 Å². The van der Waals surface area contributed by atoms with Crippen molar-refractivity contribution in [1.29, 1.82) is 0 Å². The lowest BCUT2D eigenvalue weighted by molar-refractivity contribution is 0.246. The minimum Gasteiger partial charge on any atom is -0.339 e. The van der Waals surface area contributed by atoms with Gasteiger partial charge in [-0.2, -0.15) is 0 Å². The van der Waals surface area contributed by atoms with Crippen molar-refractivity contribution in [2.45, 2.75) is 12.3 Å². The predicted molar refractivity (Wildman–Crippen MR) is 38.1 cm³/mol. The van der Waals surface area contributed by atoms with E-state index in [-0.39, 0.29) is 18.4 Å². The number of nitrogens with one attached hydrogen (secondary N) is 4. The number of rotatable bonds is 0. The van der Waals surface area contributed by atoms with Crippen LogP contribution in [-0.4, -0.2) is 23.5 Å². The highest BCUT2D eigenvalue weighted by molar-refractivity contribution is 7.80. The number of fused-ring (bicyclic) bond motifs is 1. The van der Waals surface area contributed by atoms with Gasteiger partial charge in [-0.3, -0.25) is 0 Å². The van der Waals surface area contributed by atoms with E-state index in [2.05, 4.69) is 21.3 Å². The van der Waals surface area contributed by atoms with Gasteiger partial charge in [0.25, 0.3) is 0 Å². The SMILES string of the molecule is O=C1NC2NC(=S)NC2N1. The number of carbonyl (C=O) groups excluding carboxylic acids is 1. The van der Waals surface area contributed by atoms with E-state index in [1.165, 1.54) is 0 Å². The van der Waals surface area contributed by atoms with Crippen LogP contribution in [0.4, 0.5) is 4.79 Å². The van der Waals surface area contributed by atoms with Crippen molar-refractivity contribution in [3.8, 4) is 0 Å². The van der Waals surface area contributed by atoms with Crippen LogP contribution in [0.15, 0.2) is 0 Å². The Morgan fingerprint density at radius 3 is 2.10 bits per heavy atom. The highest BCUT2D eigenvalue weighted by Gasteiger charge is 2.37. The molecular formula is C4H6N4OS. The largest absolute Gasteiger partial charge is 0.339 e. The Hall–Kier alpha value is -1.04. The predicted octanol–water partition coefficient (Wildman–Crippen LogP) is -1.57. The molecule has 2 aliphatic heterocycles. The van der Waals surface area contributed by atoms with Crippen molar-refractivity contribution in [1.82, 2.24) is 21.3 Å². The minimum absolute atomic E-state index is 0.0833. The van der Waals surface area contributed by atoms with Crippen molar-refractivity contribution in [3.05, 3.63) is 0 Å². The fourth-order valence-electron chi connectivity index (χ4n) is 1.05. The average molecular weight is 158 g/mol. The summed E-state index contributed by atoms with van der Waals surface area (Å²) in [6.45, 7) is 0. The molecule has 2 aliphatic rings. The van der Waals surface area contributed by atoms with E-state index in [1.54, 1.807) is 0 Å². The Morgan fingerprint density at radius 1 is 1.10 bits per heavy atom. The van der Waals surface area contributed by atoms with Crippen LogP contribution in [0.2, 0.25) is 0 Å². The summed E-state index contributed by atoms with van der Waals surface area (Å²) >= 11 is 4.80. The van der Waals surface area contributed by atoms with Gasteiger partial charge in [0.05, 0.1) is 0 Å². The number of carbonyl (C=O) groups is 1. The maximum atomic E-state index is 10.6. The molecule has 0 aliphatic carbocycles. The maximum absolute atomic E-state index is 10.6. The molecule has 2 unspecified atom stereocenters. The molecule has 2 atom stereocenters. The molecule has 6 heteroatoms. The Balaban J connectivity index is 2.12. The maximum Gasteiger partial charge on any atom is 0.318 e. The summed E-state index contributed by atoms with van der Waals surface area (Å²) < 4.78 is 0. The zero-order valence-corrected chi connectivity index (χ0v) is 5.79. The molecule has 2 heterocycles. The molecule has 0 aromatic heterocycles. The quantitative estimate of drug-likeness (QED) is 0.322. The number of hydrogen-bond acceptors (Lipinski definition) is 2. The van der Waals surface area contributed by atoms with Gasteiger partial charge in [0, 0.05) is 0 Å². The third kappa shape index (κ3) is 0.688. The van der Waals surface area contributed by atoms with E-state index in [4.69, 9.17) is 12.2 Å². The molecule has 2 rings (SSSR count). The molecule has 2 saturated heterocycles. The highest BCUT2D eigenvalue weighted by Crippen LogP contribution is 2.00. The van der Waals surface area contributed by atoms with Gasteiger partial charge in [0.15, 0.2) is 5.11 Å². The van der Waals surface area contributed by atoms with E-state index in [1.807, 2.05) is 0 Å². The van der Waals surface area contributed by atoms with Gasteiger partial charge in [-0.1, -0.05) is 0 Å². The normalized spacial score (nSPS) is 35.6. The Labute approximate surface area is 62.5 Å². The van der Waals surface area contributed by atoms with Crippen LogP contribution < -0.4 is 21.3 Å². The standard InChI is InChI=1S/C4H6N4OS/c9-3-5-1-2(6-3)8-4(10)7-1/h1-2H,(H2,5,6,9)(H2,7,8,10). The Morgan fingerprint density at radius 2 is 1.60 bits per heavy atom. The first-order chi connectivity index (χ1) is 4.75. The van der Waals surface area contributed by atoms with Gasteiger partial charge < -0.3 is 21.3 Å². The molecule has 2 amide bonds. The van der Waals surface area contributed by atoms with Gasteiger partial charge in [-0.05, 0) is 12.2 Å². The van der Waals surface area contributed by atoms with E-state index in [0.717, 1.165) is 0 Å². The molecule has 2 fully saturated rings. The lowest BCUT2D eigenvalue weighted by atomic mass is 10.4. The lowest BCUT2D eigenvalue weighted by Crippen LogP contribution is -2.39. The van der Waals surface area contributed by atoms with Crippen molar-refractivity contribution in [2.75, 3.05) is 0 Å². The van der Waals surface area contributed by atoms with Crippen LogP contribution in [0, 0.1) is 0 Å². The van der Waals surface area contributed by atoms with Crippen LogP contribution in [0.5, 0.6) is 0 Å². The summed E-state index contributed by atoms with van der Waals surface area (Å²) in [5.74, 6) is 0. The minimum atomic E-state index is -0.169. The zero-order valence-electron chi connectivity index (χ0n) is 4.97. The smallest absolute Gasteiger partial charge is 0.318 e. The molecule has 0 radical (unpaired) electrons. The lowest BCUT2D eigenvalue weighted by Gasteiger charge is -2.03. The summed E-state index contributed by atoms with van der Waals surface area (Å²) in [5.41, 5.74) is 0. The molecule has 5 nitrogen and oxygen atoms in total. The molecule has 10 heavy (non-hydrogen) atoms. The monoisotopic (exact) mass is 158 g/mol. The Bertz CT molecular complexity index is 167. The zero-order chi connectivity index (χ0) is 7.14. The second kappa shape index (κ2) is 1.72. The molecule has 54 valence electrons. The molecule has 0 bridgehead atoms. The first kappa shape index (κ1) is 5.72. The fraction of sp³-hybridized carbons (Fsp3) is 0.500. The van der Waals surface area contributed by atoms with E-state index < -0.39 is 0 Å². The van der Waals surface area contributed by atoms with Crippen LogP contribution in [0.25, 0.3) is 0 Å². The molecule has 4 N–H and O–H groups in total. The molecule has 0 aromatic rings. The number of hydrogen-bond donors (Lipinski definition) is 4. The van der Waals surface area contributed by atoms with Crippen LogP contribution in [-0.2, 0) is 0 Å². The van der Waals surface area contributed by atoms with Gasteiger partial charge in [-0.25, -0.2) is 4.79 Å². The summed E-state index contributed by atoms with van der Waals surface area (Å²) in [5, 5.41) is 11.6. The first-order valence-corrected chi connectivity index (χ1v) is 3.30. The second-order valence-electron chi connectivity index (χ2n) is 2.19.